The molecule has 0 unspecified atom stereocenters. The summed E-state index contributed by atoms with van der Waals surface area (Å²) < 4.78 is 12.2. The minimum atomic E-state index is -1.48. The zero-order chi connectivity index (χ0) is 41.1. The highest BCUT2D eigenvalue weighted by molar-refractivity contribution is 5.97. The summed E-state index contributed by atoms with van der Waals surface area (Å²) in [5, 5.41) is 16.7. The molecule has 2 aromatic carbocycles. The third-order valence-corrected chi connectivity index (χ3v) is 12.5. The number of carbonyl (C=O) groups is 5. The van der Waals surface area contributed by atoms with E-state index in [1.807, 2.05) is 75.4 Å². The maximum atomic E-state index is 14.6. The minimum absolute atomic E-state index is 0.00970. The molecule has 0 radical (unpaired) electrons. The minimum Gasteiger partial charge on any atom is -0.497 e. The number of fused-ring (bicyclic) bond motifs is 1. The number of hydrogen-bond donors (Lipinski definition) is 3. The van der Waals surface area contributed by atoms with Crippen LogP contribution in [0.15, 0.2) is 67.3 Å². The lowest BCUT2D eigenvalue weighted by Gasteiger charge is -2.35. The number of methoxy groups -OCH3 is 1. The van der Waals surface area contributed by atoms with Crippen molar-refractivity contribution in [2.24, 2.45) is 35.0 Å². The molecule has 11 nitrogen and oxygen atoms in total. The van der Waals surface area contributed by atoms with Crippen LogP contribution < -0.4 is 20.1 Å². The highest BCUT2D eigenvalue weighted by atomic mass is 16.5. The molecule has 3 aliphatic carbocycles. The van der Waals surface area contributed by atoms with Crippen molar-refractivity contribution in [1.29, 1.82) is 0 Å². The standard InChI is InChI=1S/C46H57N3O8/c1-7-29-26-46(29,44(54)55)49-42(52)34-22-31(57-40-25-36(27-15-11-9-12-16-27)47-37-23-30(56-6)19-20-32(37)40)21-33(34)39(51)24-35(45(3,4)5)43(53)48-41(38(50)8-2)28-17-13-10-14-18-28/h7,9,11-12,15-16,19-20,23,25,28-29,31,33-35,41H,1,8,10,13-14,17-18,21-22,24,26H2,2-6H3,(H,48,53)(H,49,52)(H,54,55)/t29-,31+,33-,34-,35-,41+,46-/m1/s1. The van der Waals surface area contributed by atoms with Crippen molar-refractivity contribution < 1.29 is 38.6 Å². The van der Waals surface area contributed by atoms with Gasteiger partial charge in [0.25, 0.3) is 0 Å². The summed E-state index contributed by atoms with van der Waals surface area (Å²) >= 11 is 0. The Hall–Kier alpha value is -5.06. The quantitative estimate of drug-likeness (QED) is 0.125. The lowest BCUT2D eigenvalue weighted by atomic mass is 9.74. The number of carbonyl (C=O) groups excluding carboxylic acids is 4. The van der Waals surface area contributed by atoms with E-state index < -0.39 is 58.6 Å². The third kappa shape index (κ3) is 9.08. The van der Waals surface area contributed by atoms with Crippen LogP contribution in [0.2, 0.25) is 0 Å². The molecule has 304 valence electrons. The van der Waals surface area contributed by atoms with Gasteiger partial charge in [0.15, 0.2) is 5.78 Å². The average Bonchev–Trinajstić information content (AvgIpc) is 3.77. The summed E-state index contributed by atoms with van der Waals surface area (Å²) in [7, 11) is 1.58. The van der Waals surface area contributed by atoms with Crippen LogP contribution in [0, 0.1) is 35.0 Å². The molecule has 57 heavy (non-hydrogen) atoms. The van der Waals surface area contributed by atoms with Crippen LogP contribution >= 0.6 is 0 Å². The largest absolute Gasteiger partial charge is 0.497 e. The van der Waals surface area contributed by atoms with E-state index in [0.29, 0.717) is 29.1 Å². The predicted octanol–water partition coefficient (Wildman–Crippen LogP) is 7.50. The second kappa shape index (κ2) is 17.2. The Morgan fingerprint density at radius 3 is 2.32 bits per heavy atom. The summed E-state index contributed by atoms with van der Waals surface area (Å²) in [5.41, 5.74) is 0.0597. The molecule has 3 aromatic rings. The van der Waals surface area contributed by atoms with E-state index in [2.05, 4.69) is 17.2 Å². The SMILES string of the molecule is C=C[C@@H]1C[C@]1(NC(=O)[C@@H]1C[C@@H](Oc2cc(-c3ccccc3)nc3cc(OC)ccc23)C[C@H]1C(=O)C[C@H](C(=O)N[C@H](C(=O)CC)C1CCCCC1)C(C)(C)C)C(=O)O. The fraction of sp³-hybridized carbons (Fsp3) is 0.522. The first-order chi connectivity index (χ1) is 27.2. The van der Waals surface area contributed by atoms with Gasteiger partial charge in [-0.15, -0.1) is 6.58 Å². The molecule has 0 spiro atoms. The van der Waals surface area contributed by atoms with Crippen LogP contribution in [-0.4, -0.2) is 64.2 Å². The van der Waals surface area contributed by atoms with Gasteiger partial charge in [0.1, 0.15) is 28.9 Å². The summed E-state index contributed by atoms with van der Waals surface area (Å²) in [5.74, 6) is -4.09. The Labute approximate surface area is 335 Å². The highest BCUT2D eigenvalue weighted by Gasteiger charge is 2.61. The fourth-order valence-corrected chi connectivity index (χ4v) is 8.95. The lowest BCUT2D eigenvalue weighted by molar-refractivity contribution is -0.145. The lowest BCUT2D eigenvalue weighted by Crippen LogP contribution is -2.51. The number of nitrogens with zero attached hydrogens (tertiary/aromatic N) is 1. The first-order valence-electron chi connectivity index (χ1n) is 20.4. The summed E-state index contributed by atoms with van der Waals surface area (Å²) in [6.45, 7) is 11.3. The van der Waals surface area contributed by atoms with Gasteiger partial charge in [0, 0.05) is 53.7 Å². The number of carboxylic acid groups (broad SMARTS) is 1. The second-order valence-corrected chi connectivity index (χ2v) is 17.3. The molecule has 3 aliphatic rings. The number of aromatic nitrogens is 1. The molecule has 1 aromatic heterocycles. The molecule has 11 heteroatoms. The Kier molecular flexibility index (Phi) is 12.5. The van der Waals surface area contributed by atoms with Crippen molar-refractivity contribution in [3.8, 4) is 22.8 Å². The predicted molar refractivity (Wildman–Crippen MR) is 218 cm³/mol. The number of pyridine rings is 1. The maximum Gasteiger partial charge on any atom is 0.330 e. The van der Waals surface area contributed by atoms with Crippen molar-refractivity contribution in [2.75, 3.05) is 7.11 Å². The molecule has 3 fully saturated rings. The number of benzene rings is 2. The molecule has 0 saturated heterocycles. The van der Waals surface area contributed by atoms with E-state index in [9.17, 15) is 29.1 Å². The van der Waals surface area contributed by atoms with Crippen molar-refractivity contribution in [2.45, 2.75) is 110 Å². The topological polar surface area (TPSA) is 161 Å². The highest BCUT2D eigenvalue weighted by Crippen LogP contribution is 2.47. The summed E-state index contributed by atoms with van der Waals surface area (Å²) in [6, 6.07) is 16.4. The summed E-state index contributed by atoms with van der Waals surface area (Å²) in [4.78, 5) is 73.5. The van der Waals surface area contributed by atoms with Gasteiger partial charge in [0.05, 0.1) is 30.3 Å². The smallest absolute Gasteiger partial charge is 0.330 e. The number of Topliss-reactive ketones (excluding diaryl/α,β-unsaturated/α-hetero) is 2. The van der Waals surface area contributed by atoms with Crippen LogP contribution in [0.3, 0.4) is 0 Å². The van der Waals surface area contributed by atoms with Gasteiger partial charge in [-0.3, -0.25) is 19.2 Å². The van der Waals surface area contributed by atoms with E-state index in [4.69, 9.17) is 14.5 Å². The number of nitrogens with one attached hydrogen (secondary N) is 2. The Balaban J connectivity index is 1.30. The van der Waals surface area contributed by atoms with Crippen LogP contribution in [0.4, 0.5) is 0 Å². The molecule has 3 N–H and O–H groups in total. The number of aliphatic carboxylic acids is 1. The Bertz CT molecular complexity index is 2000. The van der Waals surface area contributed by atoms with Crippen LogP contribution in [0.5, 0.6) is 11.5 Å². The Morgan fingerprint density at radius 1 is 1.00 bits per heavy atom. The second-order valence-electron chi connectivity index (χ2n) is 17.3. The zero-order valence-electron chi connectivity index (χ0n) is 33.8. The van der Waals surface area contributed by atoms with E-state index in [-0.39, 0.29) is 49.1 Å². The fourth-order valence-electron chi connectivity index (χ4n) is 8.95. The first kappa shape index (κ1) is 41.6. The van der Waals surface area contributed by atoms with Crippen molar-refractivity contribution in [1.82, 2.24) is 15.6 Å². The van der Waals surface area contributed by atoms with Gasteiger partial charge in [-0.2, -0.15) is 0 Å². The van der Waals surface area contributed by atoms with Gasteiger partial charge < -0.3 is 25.2 Å². The van der Waals surface area contributed by atoms with Crippen molar-refractivity contribution in [3.05, 3.63) is 67.3 Å². The van der Waals surface area contributed by atoms with E-state index in [1.54, 1.807) is 14.0 Å². The van der Waals surface area contributed by atoms with E-state index in [0.717, 1.165) is 43.1 Å². The molecular weight excluding hydrogens is 723 g/mol. The normalized spacial score (nSPS) is 24.5. The molecule has 1 heterocycles. The number of carboxylic acids is 1. The van der Waals surface area contributed by atoms with Crippen molar-refractivity contribution >= 4 is 40.3 Å². The molecule has 3 saturated carbocycles. The summed E-state index contributed by atoms with van der Waals surface area (Å²) in [6.07, 6.45) is 6.50. The number of hydrogen-bond acceptors (Lipinski definition) is 8. The van der Waals surface area contributed by atoms with E-state index in [1.165, 1.54) is 6.08 Å². The molecule has 0 aliphatic heterocycles. The molecule has 7 atom stereocenters. The molecule has 2 amide bonds. The van der Waals surface area contributed by atoms with Gasteiger partial charge in [-0.25, -0.2) is 9.78 Å². The monoisotopic (exact) mass is 779 g/mol. The first-order valence-corrected chi connectivity index (χ1v) is 20.4. The number of amides is 2. The van der Waals surface area contributed by atoms with E-state index >= 15 is 0 Å². The van der Waals surface area contributed by atoms with Crippen LogP contribution in [-0.2, 0) is 24.0 Å². The number of rotatable bonds is 16. The van der Waals surface area contributed by atoms with Gasteiger partial charge in [0.2, 0.25) is 11.8 Å². The maximum absolute atomic E-state index is 14.6. The van der Waals surface area contributed by atoms with Crippen LogP contribution in [0.1, 0.15) is 91.9 Å². The molecule has 6 rings (SSSR count). The zero-order valence-corrected chi connectivity index (χ0v) is 33.8. The van der Waals surface area contributed by atoms with Crippen LogP contribution in [0.25, 0.3) is 22.2 Å². The Morgan fingerprint density at radius 2 is 1.70 bits per heavy atom. The van der Waals surface area contributed by atoms with Gasteiger partial charge in [-0.1, -0.05) is 83.4 Å². The molecular formula is C46H57N3O8. The van der Waals surface area contributed by atoms with Gasteiger partial charge >= 0.3 is 5.97 Å². The van der Waals surface area contributed by atoms with Gasteiger partial charge in [-0.05, 0) is 55.6 Å². The third-order valence-electron chi connectivity index (χ3n) is 12.5. The number of ketones is 2. The molecule has 0 bridgehead atoms. The average molecular weight is 780 g/mol. The number of ether oxygens (including phenoxy) is 2. The van der Waals surface area contributed by atoms with Crippen molar-refractivity contribution in [3.63, 3.8) is 0 Å².